The third-order valence-corrected chi connectivity index (χ3v) is 5.62. The maximum atomic E-state index is 12.4. The molecule has 0 radical (unpaired) electrons. The van der Waals surface area contributed by atoms with Gasteiger partial charge < -0.3 is 10.1 Å². The van der Waals surface area contributed by atoms with Crippen molar-refractivity contribution in [1.29, 1.82) is 5.26 Å². The summed E-state index contributed by atoms with van der Waals surface area (Å²) >= 11 is 5.42. The smallest absolute Gasteiger partial charge is 0.269 e. The van der Waals surface area contributed by atoms with Crippen molar-refractivity contribution in [3.05, 3.63) is 102 Å². The number of nitro groups is 1. The van der Waals surface area contributed by atoms with Gasteiger partial charge in [0, 0.05) is 22.3 Å². The van der Waals surface area contributed by atoms with Crippen molar-refractivity contribution in [2.45, 2.75) is 6.61 Å². The van der Waals surface area contributed by atoms with E-state index in [0.29, 0.717) is 22.6 Å². The number of non-ortho nitro benzene ring substituents is 1. The van der Waals surface area contributed by atoms with E-state index in [9.17, 15) is 20.2 Å². The lowest BCUT2D eigenvalue weighted by molar-refractivity contribution is -0.384. The first kappa shape index (κ1) is 23.4. The first-order valence-corrected chi connectivity index (χ1v) is 11.1. The van der Waals surface area contributed by atoms with Crippen molar-refractivity contribution < 1.29 is 14.5 Å². The van der Waals surface area contributed by atoms with Gasteiger partial charge in [0.05, 0.1) is 8.49 Å². The van der Waals surface area contributed by atoms with Gasteiger partial charge in [0.15, 0.2) is 0 Å². The number of rotatable bonds is 7. The summed E-state index contributed by atoms with van der Waals surface area (Å²) in [6, 6.07) is 20.5. The summed E-state index contributed by atoms with van der Waals surface area (Å²) in [6.07, 6.45) is 1.50. The molecule has 3 aromatic carbocycles. The van der Waals surface area contributed by atoms with Gasteiger partial charge in [0.1, 0.15) is 24.0 Å². The van der Waals surface area contributed by atoms with Crippen LogP contribution in [0.3, 0.4) is 0 Å². The van der Waals surface area contributed by atoms with Gasteiger partial charge in [0.2, 0.25) is 0 Å². The summed E-state index contributed by atoms with van der Waals surface area (Å²) in [5.41, 5.74) is 1.90. The molecule has 1 amide bonds. The highest BCUT2D eigenvalue weighted by Gasteiger charge is 2.11. The molecule has 0 saturated carbocycles. The highest BCUT2D eigenvalue weighted by Crippen LogP contribution is 2.25. The Morgan fingerprint density at radius 2 is 1.94 bits per heavy atom. The SMILES string of the molecule is N#C/C(=C/c1ccc(OCc2cccc([N+](=O)[O-])c2)c(I)c1)C(=O)Nc1ccc(Br)cc1. The number of amides is 1. The molecule has 0 aliphatic heterocycles. The molecule has 160 valence electrons. The van der Waals surface area contributed by atoms with E-state index in [1.54, 1.807) is 54.6 Å². The normalized spacial score (nSPS) is 10.8. The molecule has 9 heteroatoms. The summed E-state index contributed by atoms with van der Waals surface area (Å²) in [5, 5.41) is 23.0. The van der Waals surface area contributed by atoms with Crippen LogP contribution in [0.5, 0.6) is 5.75 Å². The Morgan fingerprint density at radius 3 is 2.59 bits per heavy atom. The van der Waals surface area contributed by atoms with Crippen LogP contribution in [0.2, 0.25) is 0 Å². The minimum atomic E-state index is -0.504. The predicted octanol–water partition coefficient (Wildman–Crippen LogP) is 6.09. The molecule has 3 rings (SSSR count). The number of nitrogens with zero attached hydrogens (tertiary/aromatic N) is 2. The van der Waals surface area contributed by atoms with E-state index in [1.807, 2.05) is 6.07 Å². The van der Waals surface area contributed by atoms with E-state index in [2.05, 4.69) is 43.8 Å². The van der Waals surface area contributed by atoms with Crippen LogP contribution in [0, 0.1) is 25.0 Å². The Balaban J connectivity index is 1.70. The largest absolute Gasteiger partial charge is 0.488 e. The fourth-order valence-electron chi connectivity index (χ4n) is 2.69. The van der Waals surface area contributed by atoms with Crippen LogP contribution in [-0.4, -0.2) is 10.8 Å². The van der Waals surface area contributed by atoms with Crippen molar-refractivity contribution >= 4 is 61.9 Å². The van der Waals surface area contributed by atoms with Gasteiger partial charge in [-0.05, 0) is 76.2 Å². The summed E-state index contributed by atoms with van der Waals surface area (Å²) in [7, 11) is 0. The summed E-state index contributed by atoms with van der Waals surface area (Å²) in [5.74, 6) is 0.0860. The number of anilines is 1. The van der Waals surface area contributed by atoms with Crippen molar-refractivity contribution in [2.24, 2.45) is 0 Å². The lowest BCUT2D eigenvalue weighted by Gasteiger charge is -2.09. The molecule has 7 nitrogen and oxygen atoms in total. The standard InChI is InChI=1S/C23H15BrIN3O4/c24-18-5-7-19(8-6-18)27-23(29)17(13-26)10-15-4-9-22(21(25)12-15)32-14-16-2-1-3-20(11-16)28(30)31/h1-12H,14H2,(H,27,29)/b17-10-. The zero-order chi connectivity index (χ0) is 23.1. The number of carbonyl (C=O) groups is 1. The predicted molar refractivity (Wildman–Crippen MR) is 133 cm³/mol. The first-order chi connectivity index (χ1) is 15.4. The molecule has 0 bridgehead atoms. The van der Waals surface area contributed by atoms with Crippen LogP contribution in [0.4, 0.5) is 11.4 Å². The fraction of sp³-hybridized carbons (Fsp3) is 0.0435. The molecule has 0 aliphatic carbocycles. The highest BCUT2D eigenvalue weighted by molar-refractivity contribution is 14.1. The average Bonchev–Trinajstić information content (AvgIpc) is 2.78. The molecule has 0 aromatic heterocycles. The zero-order valence-corrected chi connectivity index (χ0v) is 20.2. The summed E-state index contributed by atoms with van der Waals surface area (Å²) in [4.78, 5) is 22.9. The Hall–Kier alpha value is -3.23. The van der Waals surface area contributed by atoms with E-state index in [-0.39, 0.29) is 17.9 Å². The molecule has 0 fully saturated rings. The molecule has 0 unspecified atom stereocenters. The number of nitro benzene ring substituents is 1. The molecular weight excluding hydrogens is 589 g/mol. The Bertz CT molecular complexity index is 1240. The lowest BCUT2D eigenvalue weighted by Crippen LogP contribution is -2.13. The highest BCUT2D eigenvalue weighted by atomic mass is 127. The fourth-order valence-corrected chi connectivity index (χ4v) is 3.65. The number of halogens is 2. The number of benzene rings is 3. The van der Waals surface area contributed by atoms with Crippen LogP contribution < -0.4 is 10.1 Å². The van der Waals surface area contributed by atoms with E-state index in [1.165, 1.54) is 18.2 Å². The van der Waals surface area contributed by atoms with Crippen molar-refractivity contribution in [3.63, 3.8) is 0 Å². The van der Waals surface area contributed by atoms with Gasteiger partial charge in [-0.15, -0.1) is 0 Å². The molecular formula is C23H15BrIN3O4. The minimum absolute atomic E-state index is 0.00623. The van der Waals surface area contributed by atoms with Gasteiger partial charge in [-0.25, -0.2) is 0 Å². The first-order valence-electron chi connectivity index (χ1n) is 9.20. The molecule has 0 spiro atoms. The average molecular weight is 604 g/mol. The van der Waals surface area contributed by atoms with E-state index < -0.39 is 10.8 Å². The quantitative estimate of drug-likeness (QED) is 0.116. The number of carbonyl (C=O) groups excluding carboxylic acids is 1. The van der Waals surface area contributed by atoms with Gasteiger partial charge in [-0.2, -0.15) is 5.26 Å². The number of nitrogens with one attached hydrogen (secondary N) is 1. The van der Waals surface area contributed by atoms with Crippen LogP contribution in [0.15, 0.2) is 76.8 Å². The Labute approximate surface area is 206 Å². The second kappa shape index (κ2) is 10.9. The van der Waals surface area contributed by atoms with Gasteiger partial charge in [0.25, 0.3) is 11.6 Å². The Morgan fingerprint density at radius 1 is 1.19 bits per heavy atom. The van der Waals surface area contributed by atoms with E-state index >= 15 is 0 Å². The monoisotopic (exact) mass is 603 g/mol. The van der Waals surface area contributed by atoms with Crippen LogP contribution in [-0.2, 0) is 11.4 Å². The third-order valence-electron chi connectivity index (χ3n) is 4.25. The zero-order valence-electron chi connectivity index (χ0n) is 16.4. The van der Waals surface area contributed by atoms with Crippen molar-refractivity contribution in [1.82, 2.24) is 0 Å². The second-order valence-electron chi connectivity index (χ2n) is 6.54. The maximum absolute atomic E-state index is 12.4. The maximum Gasteiger partial charge on any atom is 0.269 e. The third kappa shape index (κ3) is 6.38. The molecule has 1 N–H and O–H groups in total. The van der Waals surface area contributed by atoms with Gasteiger partial charge >= 0.3 is 0 Å². The summed E-state index contributed by atoms with van der Waals surface area (Å²) in [6.45, 7) is 0.173. The van der Waals surface area contributed by atoms with Crippen molar-refractivity contribution in [3.8, 4) is 11.8 Å². The topological polar surface area (TPSA) is 105 Å². The second-order valence-corrected chi connectivity index (χ2v) is 8.61. The Kier molecular flexibility index (Phi) is 7.97. The van der Waals surface area contributed by atoms with Crippen LogP contribution in [0.25, 0.3) is 6.08 Å². The molecule has 0 heterocycles. The molecule has 32 heavy (non-hydrogen) atoms. The minimum Gasteiger partial charge on any atom is -0.488 e. The van der Waals surface area contributed by atoms with Crippen molar-refractivity contribution in [2.75, 3.05) is 5.32 Å². The lowest BCUT2D eigenvalue weighted by atomic mass is 10.1. The summed E-state index contributed by atoms with van der Waals surface area (Å²) < 4.78 is 7.44. The molecule has 0 aliphatic rings. The van der Waals surface area contributed by atoms with E-state index in [0.717, 1.165) is 8.04 Å². The number of hydrogen-bond donors (Lipinski definition) is 1. The number of hydrogen-bond acceptors (Lipinski definition) is 5. The van der Waals surface area contributed by atoms with Crippen LogP contribution in [0.1, 0.15) is 11.1 Å². The van der Waals surface area contributed by atoms with E-state index in [4.69, 9.17) is 4.74 Å². The van der Waals surface area contributed by atoms with Gasteiger partial charge in [-0.3, -0.25) is 14.9 Å². The number of nitriles is 1. The number of ether oxygens (including phenoxy) is 1. The van der Waals surface area contributed by atoms with Gasteiger partial charge in [-0.1, -0.05) is 34.1 Å². The molecule has 0 saturated heterocycles. The molecule has 3 aromatic rings. The van der Waals surface area contributed by atoms with Crippen LogP contribution >= 0.6 is 38.5 Å². The molecule has 0 atom stereocenters.